The summed E-state index contributed by atoms with van der Waals surface area (Å²) in [4.78, 5) is 0. The summed E-state index contributed by atoms with van der Waals surface area (Å²) >= 11 is 0. The van der Waals surface area contributed by atoms with Gasteiger partial charge in [0.15, 0.2) is 0 Å². The predicted molar refractivity (Wildman–Crippen MR) is 71.2 cm³/mol. The standard InChI is InChI=1S/C16H9F6N/c17-15(18,19)12-3-1-2-10(8-12)14-5-4-13(16(20,21)22)9-11(14)6-7-23/h1-5,8-9H,6H2. The predicted octanol–water partition coefficient (Wildman–Crippen LogP) is 5.46. The summed E-state index contributed by atoms with van der Waals surface area (Å²) < 4.78 is 76.4. The number of hydrogen-bond acceptors (Lipinski definition) is 1. The van der Waals surface area contributed by atoms with Crippen molar-refractivity contribution in [3.05, 3.63) is 59.2 Å². The Labute approximate surface area is 127 Å². The van der Waals surface area contributed by atoms with Gasteiger partial charge in [0.05, 0.1) is 23.6 Å². The summed E-state index contributed by atoms with van der Waals surface area (Å²) in [5, 5.41) is 8.76. The van der Waals surface area contributed by atoms with Crippen molar-refractivity contribution >= 4 is 0 Å². The van der Waals surface area contributed by atoms with Gasteiger partial charge < -0.3 is 0 Å². The van der Waals surface area contributed by atoms with Crippen LogP contribution >= 0.6 is 0 Å². The second-order valence-corrected chi connectivity index (χ2v) is 4.78. The Hall–Kier alpha value is -2.49. The minimum absolute atomic E-state index is 0.0293. The van der Waals surface area contributed by atoms with Gasteiger partial charge in [0.25, 0.3) is 0 Å². The van der Waals surface area contributed by atoms with E-state index >= 15 is 0 Å². The first kappa shape index (κ1) is 16.9. The lowest BCUT2D eigenvalue weighted by Gasteiger charge is -2.14. The second-order valence-electron chi connectivity index (χ2n) is 4.78. The molecule has 0 heterocycles. The number of halogens is 6. The topological polar surface area (TPSA) is 23.8 Å². The van der Waals surface area contributed by atoms with E-state index in [-0.39, 0.29) is 23.1 Å². The fraction of sp³-hybridized carbons (Fsp3) is 0.188. The molecule has 7 heteroatoms. The average Bonchev–Trinajstić information content (AvgIpc) is 2.46. The molecule has 2 aromatic rings. The van der Waals surface area contributed by atoms with Gasteiger partial charge in [0, 0.05) is 0 Å². The highest BCUT2D eigenvalue weighted by Crippen LogP contribution is 2.36. The van der Waals surface area contributed by atoms with E-state index in [2.05, 4.69) is 0 Å². The molecule has 0 unspecified atom stereocenters. The first-order chi connectivity index (χ1) is 10.6. The molecule has 0 N–H and O–H groups in total. The lowest BCUT2D eigenvalue weighted by atomic mass is 9.94. The molecule has 0 saturated heterocycles. The Kier molecular flexibility index (Phi) is 4.37. The van der Waals surface area contributed by atoms with Gasteiger partial charge >= 0.3 is 12.4 Å². The largest absolute Gasteiger partial charge is 0.416 e. The third kappa shape index (κ3) is 3.83. The quantitative estimate of drug-likeness (QED) is 0.671. The maximum absolute atomic E-state index is 12.8. The van der Waals surface area contributed by atoms with Crippen molar-refractivity contribution in [1.82, 2.24) is 0 Å². The molecular weight excluding hydrogens is 320 g/mol. The van der Waals surface area contributed by atoms with Crippen molar-refractivity contribution in [3.8, 4) is 17.2 Å². The molecule has 0 spiro atoms. The molecule has 0 radical (unpaired) electrons. The lowest BCUT2D eigenvalue weighted by molar-refractivity contribution is -0.138. The molecule has 2 aromatic carbocycles. The Morgan fingerprint density at radius 2 is 1.43 bits per heavy atom. The highest BCUT2D eigenvalue weighted by Gasteiger charge is 2.32. The maximum atomic E-state index is 12.8. The highest BCUT2D eigenvalue weighted by molar-refractivity contribution is 5.69. The average molecular weight is 329 g/mol. The molecule has 0 atom stereocenters. The van der Waals surface area contributed by atoms with Gasteiger partial charge in [-0.2, -0.15) is 31.6 Å². The molecule has 0 aliphatic rings. The van der Waals surface area contributed by atoms with E-state index in [0.29, 0.717) is 0 Å². The van der Waals surface area contributed by atoms with Crippen LogP contribution in [0.5, 0.6) is 0 Å². The first-order valence-corrected chi connectivity index (χ1v) is 6.37. The fourth-order valence-electron chi connectivity index (χ4n) is 2.15. The first-order valence-electron chi connectivity index (χ1n) is 6.37. The lowest BCUT2D eigenvalue weighted by Crippen LogP contribution is -2.07. The van der Waals surface area contributed by atoms with Gasteiger partial charge in [-0.25, -0.2) is 0 Å². The minimum atomic E-state index is -4.59. The van der Waals surface area contributed by atoms with Crippen LogP contribution in [0.15, 0.2) is 42.5 Å². The van der Waals surface area contributed by atoms with Gasteiger partial charge in [-0.15, -0.1) is 0 Å². The van der Waals surface area contributed by atoms with Crippen LogP contribution in [0.25, 0.3) is 11.1 Å². The Morgan fingerprint density at radius 3 is 2.00 bits per heavy atom. The molecule has 2 rings (SSSR count). The van der Waals surface area contributed by atoms with E-state index in [1.165, 1.54) is 12.1 Å². The summed E-state index contributed by atoms with van der Waals surface area (Å²) in [6.45, 7) is 0. The minimum Gasteiger partial charge on any atom is -0.198 e. The van der Waals surface area contributed by atoms with Gasteiger partial charge in [0.1, 0.15) is 0 Å². The summed E-state index contributed by atoms with van der Waals surface area (Å²) in [5.74, 6) is 0. The molecule has 0 aromatic heterocycles. The van der Waals surface area contributed by atoms with Crippen molar-refractivity contribution < 1.29 is 26.3 Å². The Bertz CT molecular complexity index is 752. The maximum Gasteiger partial charge on any atom is 0.416 e. The van der Waals surface area contributed by atoms with Crippen molar-refractivity contribution in [2.24, 2.45) is 0 Å². The molecule has 1 nitrogen and oxygen atoms in total. The monoisotopic (exact) mass is 329 g/mol. The molecule has 0 fully saturated rings. The zero-order valence-corrected chi connectivity index (χ0v) is 11.5. The number of alkyl halides is 6. The van der Waals surface area contributed by atoms with Gasteiger partial charge in [-0.3, -0.25) is 0 Å². The highest BCUT2D eigenvalue weighted by atomic mass is 19.4. The normalized spacial score (nSPS) is 12.0. The summed E-state index contributed by atoms with van der Waals surface area (Å²) in [5.41, 5.74) is -1.54. The third-order valence-corrected chi connectivity index (χ3v) is 3.20. The SMILES string of the molecule is N#CCc1cc(C(F)(F)F)ccc1-c1cccc(C(F)(F)F)c1. The number of benzene rings is 2. The summed E-state index contributed by atoms with van der Waals surface area (Å²) in [6.07, 6.45) is -9.48. The van der Waals surface area contributed by atoms with E-state index in [9.17, 15) is 26.3 Å². The van der Waals surface area contributed by atoms with E-state index in [1.54, 1.807) is 6.07 Å². The zero-order chi connectivity index (χ0) is 17.3. The van der Waals surface area contributed by atoms with Crippen molar-refractivity contribution in [2.75, 3.05) is 0 Å². The van der Waals surface area contributed by atoms with Gasteiger partial charge in [0.2, 0.25) is 0 Å². The smallest absolute Gasteiger partial charge is 0.198 e. The van der Waals surface area contributed by atoms with Crippen LogP contribution in [0.1, 0.15) is 16.7 Å². The molecule has 0 amide bonds. The van der Waals surface area contributed by atoms with Crippen LogP contribution < -0.4 is 0 Å². The molecule has 0 saturated carbocycles. The number of nitrogens with zero attached hydrogens (tertiary/aromatic N) is 1. The van der Waals surface area contributed by atoms with Crippen LogP contribution in [0.2, 0.25) is 0 Å². The molecule has 0 aliphatic heterocycles. The third-order valence-electron chi connectivity index (χ3n) is 3.20. The molecular formula is C16H9F6N. The van der Waals surface area contributed by atoms with Crippen LogP contribution in [0.3, 0.4) is 0 Å². The summed E-state index contributed by atoms with van der Waals surface area (Å²) in [6, 6.07) is 8.65. The van der Waals surface area contributed by atoms with E-state index < -0.39 is 23.5 Å². The summed E-state index contributed by atoms with van der Waals surface area (Å²) in [7, 11) is 0. The van der Waals surface area contributed by atoms with Crippen LogP contribution in [-0.4, -0.2) is 0 Å². The van der Waals surface area contributed by atoms with Crippen molar-refractivity contribution in [1.29, 1.82) is 5.26 Å². The Morgan fingerprint density at radius 1 is 0.826 bits per heavy atom. The number of nitriles is 1. The molecule has 0 bridgehead atoms. The number of hydrogen-bond donors (Lipinski definition) is 0. The zero-order valence-electron chi connectivity index (χ0n) is 11.5. The van der Waals surface area contributed by atoms with Crippen LogP contribution in [-0.2, 0) is 18.8 Å². The van der Waals surface area contributed by atoms with Gasteiger partial charge in [-0.1, -0.05) is 18.2 Å². The van der Waals surface area contributed by atoms with Crippen LogP contribution in [0, 0.1) is 11.3 Å². The molecule has 120 valence electrons. The van der Waals surface area contributed by atoms with E-state index in [1.807, 2.05) is 0 Å². The fourth-order valence-corrected chi connectivity index (χ4v) is 2.15. The van der Waals surface area contributed by atoms with E-state index in [4.69, 9.17) is 5.26 Å². The van der Waals surface area contributed by atoms with Crippen molar-refractivity contribution in [2.45, 2.75) is 18.8 Å². The van der Waals surface area contributed by atoms with E-state index in [0.717, 1.165) is 30.3 Å². The van der Waals surface area contributed by atoms with Crippen LogP contribution in [0.4, 0.5) is 26.3 Å². The molecule has 23 heavy (non-hydrogen) atoms. The number of rotatable bonds is 2. The Balaban J connectivity index is 2.57. The second kappa shape index (κ2) is 5.95. The van der Waals surface area contributed by atoms with Crippen molar-refractivity contribution in [3.63, 3.8) is 0 Å². The van der Waals surface area contributed by atoms with Gasteiger partial charge in [-0.05, 0) is 41.0 Å². The molecule has 0 aliphatic carbocycles.